The summed E-state index contributed by atoms with van der Waals surface area (Å²) in [4.78, 5) is -0.118. The molecule has 0 spiro atoms. The smallest absolute Gasteiger partial charge is 0.208 e. The molecule has 1 N–H and O–H groups in total. The number of halogens is 4. The van der Waals surface area contributed by atoms with Crippen LogP contribution in [-0.4, -0.2) is 20.3 Å². The van der Waals surface area contributed by atoms with Gasteiger partial charge in [0.2, 0.25) is 10.0 Å². The fourth-order valence-electron chi connectivity index (χ4n) is 1.34. The van der Waals surface area contributed by atoms with Gasteiger partial charge in [-0.25, -0.2) is 13.1 Å². The highest BCUT2D eigenvalue weighted by Gasteiger charge is 2.25. The molecule has 19 heavy (non-hydrogen) atoms. The van der Waals surface area contributed by atoms with Crippen molar-refractivity contribution in [3.63, 3.8) is 0 Å². The first-order valence-corrected chi connectivity index (χ1v) is 8.98. The number of rotatable bonds is 5. The second kappa shape index (κ2) is 6.96. The van der Waals surface area contributed by atoms with Gasteiger partial charge in [-0.3, -0.25) is 0 Å². The molecule has 0 saturated heterocycles. The molecule has 8 heteroatoms. The Labute approximate surface area is 136 Å². The quantitative estimate of drug-likeness (QED) is 0.737. The summed E-state index contributed by atoms with van der Waals surface area (Å²) in [6.45, 7) is 3.59. The first-order chi connectivity index (χ1) is 8.69. The lowest BCUT2D eigenvalue weighted by Crippen LogP contribution is -2.37. The van der Waals surface area contributed by atoms with Crippen molar-refractivity contribution in [3.05, 3.63) is 26.7 Å². The minimum Gasteiger partial charge on any atom is -0.208 e. The Morgan fingerprint density at radius 2 is 1.74 bits per heavy atom. The van der Waals surface area contributed by atoms with Crippen molar-refractivity contribution >= 4 is 60.8 Å². The lowest BCUT2D eigenvalue weighted by atomic mass is 10.1. The Morgan fingerprint density at radius 1 is 1.26 bits per heavy atom. The average Bonchev–Trinajstić information content (AvgIpc) is 2.24. The second-order valence-corrected chi connectivity index (χ2v) is 7.93. The maximum Gasteiger partial charge on any atom is 0.243 e. The lowest BCUT2D eigenvalue weighted by molar-refractivity contribution is 0.480. The van der Waals surface area contributed by atoms with Gasteiger partial charge in [0.05, 0.1) is 10.0 Å². The monoisotopic (exact) mass is 407 g/mol. The first-order valence-electron chi connectivity index (χ1n) is 5.42. The van der Waals surface area contributed by atoms with Crippen molar-refractivity contribution in [2.24, 2.45) is 5.92 Å². The van der Waals surface area contributed by atoms with E-state index in [9.17, 15) is 8.42 Å². The van der Waals surface area contributed by atoms with Gasteiger partial charge in [-0.1, -0.05) is 46.1 Å². The summed E-state index contributed by atoms with van der Waals surface area (Å²) in [7, 11) is -3.79. The van der Waals surface area contributed by atoms with Crippen LogP contribution in [0.4, 0.5) is 0 Å². The van der Waals surface area contributed by atoms with Crippen LogP contribution in [0.25, 0.3) is 0 Å². The van der Waals surface area contributed by atoms with Crippen LogP contribution in [-0.2, 0) is 10.0 Å². The standard InChI is InChI=1S/C11H13BrCl3NO2S/c1-6(5-13)7(2)16-19(17,18)11-9(14)3-8(12)4-10(11)15/h3-4,6-7,16H,5H2,1-2H3. The highest BCUT2D eigenvalue weighted by Crippen LogP contribution is 2.33. The van der Waals surface area contributed by atoms with Crippen LogP contribution in [0.5, 0.6) is 0 Å². The molecule has 1 aromatic rings. The maximum atomic E-state index is 12.3. The molecule has 0 fully saturated rings. The van der Waals surface area contributed by atoms with E-state index < -0.39 is 10.0 Å². The molecular formula is C11H13BrCl3NO2S. The summed E-state index contributed by atoms with van der Waals surface area (Å²) >= 11 is 20.8. The van der Waals surface area contributed by atoms with E-state index in [1.54, 1.807) is 6.92 Å². The Balaban J connectivity index is 3.15. The van der Waals surface area contributed by atoms with Gasteiger partial charge in [-0.2, -0.15) is 0 Å². The number of sulfonamides is 1. The van der Waals surface area contributed by atoms with Crippen molar-refractivity contribution in [1.29, 1.82) is 0 Å². The third-order valence-electron chi connectivity index (χ3n) is 2.67. The number of hydrogen-bond acceptors (Lipinski definition) is 2. The first kappa shape index (κ1) is 17.5. The molecule has 2 unspecified atom stereocenters. The van der Waals surface area contributed by atoms with Crippen LogP contribution in [0.1, 0.15) is 13.8 Å². The Hall–Kier alpha value is 0.480. The van der Waals surface area contributed by atoms with E-state index >= 15 is 0 Å². The zero-order valence-electron chi connectivity index (χ0n) is 10.3. The minimum absolute atomic E-state index is 0.00978. The summed E-state index contributed by atoms with van der Waals surface area (Å²) in [5.41, 5.74) is 0. The molecule has 0 aliphatic carbocycles. The van der Waals surface area contributed by atoms with Crippen molar-refractivity contribution in [1.82, 2.24) is 4.72 Å². The van der Waals surface area contributed by atoms with Crippen molar-refractivity contribution in [2.45, 2.75) is 24.8 Å². The van der Waals surface area contributed by atoms with Gasteiger partial charge >= 0.3 is 0 Å². The largest absolute Gasteiger partial charge is 0.243 e. The highest BCUT2D eigenvalue weighted by molar-refractivity contribution is 9.10. The molecule has 0 aromatic heterocycles. The van der Waals surface area contributed by atoms with Gasteiger partial charge in [-0.15, -0.1) is 11.6 Å². The predicted molar refractivity (Wildman–Crippen MR) is 83.8 cm³/mol. The number of hydrogen-bond donors (Lipinski definition) is 1. The fraction of sp³-hybridized carbons (Fsp3) is 0.455. The zero-order valence-corrected chi connectivity index (χ0v) is 14.9. The molecule has 0 amide bonds. The molecule has 0 heterocycles. The van der Waals surface area contributed by atoms with E-state index in [0.717, 1.165) is 0 Å². The predicted octanol–water partition coefficient (Wildman–Crippen LogP) is 4.30. The third-order valence-corrected chi connectivity index (χ3v) is 6.09. The number of alkyl halides is 1. The van der Waals surface area contributed by atoms with Crippen molar-refractivity contribution in [2.75, 3.05) is 5.88 Å². The van der Waals surface area contributed by atoms with Gasteiger partial charge in [0, 0.05) is 16.4 Å². The minimum atomic E-state index is -3.79. The van der Waals surface area contributed by atoms with E-state index in [0.29, 0.717) is 10.4 Å². The SMILES string of the molecule is CC(CCl)C(C)NS(=O)(=O)c1c(Cl)cc(Br)cc1Cl. The molecule has 108 valence electrons. The van der Waals surface area contributed by atoms with E-state index in [1.165, 1.54) is 12.1 Å². The Bertz CT molecular complexity index is 542. The zero-order chi connectivity index (χ0) is 14.8. The molecule has 2 atom stereocenters. The van der Waals surface area contributed by atoms with Gasteiger partial charge < -0.3 is 0 Å². The molecule has 0 aliphatic heterocycles. The van der Waals surface area contributed by atoms with Crippen molar-refractivity contribution < 1.29 is 8.42 Å². The maximum absolute atomic E-state index is 12.3. The summed E-state index contributed by atoms with van der Waals surface area (Å²) in [5, 5.41) is 0.134. The summed E-state index contributed by atoms with van der Waals surface area (Å²) in [6.07, 6.45) is 0. The van der Waals surface area contributed by atoms with E-state index in [4.69, 9.17) is 34.8 Å². The van der Waals surface area contributed by atoms with Crippen LogP contribution in [0.2, 0.25) is 10.0 Å². The Morgan fingerprint density at radius 3 is 2.16 bits per heavy atom. The lowest BCUT2D eigenvalue weighted by Gasteiger charge is -2.20. The molecule has 3 nitrogen and oxygen atoms in total. The molecule has 1 rings (SSSR count). The fourth-order valence-corrected chi connectivity index (χ4v) is 4.90. The molecule has 0 bridgehead atoms. The molecule has 0 radical (unpaired) electrons. The Kier molecular flexibility index (Phi) is 6.42. The summed E-state index contributed by atoms with van der Waals surface area (Å²) in [6, 6.07) is 2.65. The topological polar surface area (TPSA) is 46.2 Å². The summed E-state index contributed by atoms with van der Waals surface area (Å²) in [5.74, 6) is 0.343. The second-order valence-electron chi connectivity index (χ2n) is 4.24. The summed E-state index contributed by atoms with van der Waals surface area (Å²) < 4.78 is 27.7. The van der Waals surface area contributed by atoms with Crippen LogP contribution >= 0.6 is 50.7 Å². The average molecular weight is 410 g/mol. The van der Waals surface area contributed by atoms with Gasteiger partial charge in [0.15, 0.2) is 0 Å². The van der Waals surface area contributed by atoms with E-state index in [-0.39, 0.29) is 26.9 Å². The molecule has 0 aliphatic rings. The van der Waals surface area contributed by atoms with Crippen LogP contribution < -0.4 is 4.72 Å². The highest BCUT2D eigenvalue weighted by atomic mass is 79.9. The van der Waals surface area contributed by atoms with Crippen LogP contribution in [0.3, 0.4) is 0 Å². The molecule has 1 aromatic carbocycles. The van der Waals surface area contributed by atoms with E-state index in [1.807, 2.05) is 6.92 Å². The number of benzene rings is 1. The van der Waals surface area contributed by atoms with Crippen LogP contribution in [0.15, 0.2) is 21.5 Å². The van der Waals surface area contributed by atoms with E-state index in [2.05, 4.69) is 20.7 Å². The van der Waals surface area contributed by atoms with Crippen LogP contribution in [0, 0.1) is 5.92 Å². The van der Waals surface area contributed by atoms with Crippen molar-refractivity contribution in [3.8, 4) is 0 Å². The molecular weight excluding hydrogens is 396 g/mol. The van der Waals surface area contributed by atoms with Gasteiger partial charge in [-0.05, 0) is 25.0 Å². The third kappa shape index (κ3) is 4.48. The number of nitrogens with one attached hydrogen (secondary N) is 1. The van der Waals surface area contributed by atoms with Gasteiger partial charge in [0.25, 0.3) is 0 Å². The van der Waals surface area contributed by atoms with Gasteiger partial charge in [0.1, 0.15) is 4.90 Å². The molecule has 0 saturated carbocycles. The normalized spacial score (nSPS) is 15.3.